The second-order valence-corrected chi connectivity index (χ2v) is 9.43. The van der Waals surface area contributed by atoms with Crippen molar-refractivity contribution in [2.45, 2.75) is 24.3 Å². The number of nitrogens with zero attached hydrogens (tertiary/aromatic N) is 2. The maximum absolute atomic E-state index is 12.6. The first kappa shape index (κ1) is 18.2. The van der Waals surface area contributed by atoms with E-state index in [1.165, 1.54) is 0 Å². The van der Waals surface area contributed by atoms with Gasteiger partial charge < -0.3 is 10.1 Å². The van der Waals surface area contributed by atoms with E-state index in [1.54, 1.807) is 34.9 Å². The minimum absolute atomic E-state index is 0.361. The molecule has 142 valence electrons. The van der Waals surface area contributed by atoms with Crippen molar-refractivity contribution < 1.29 is 13.2 Å². The zero-order valence-corrected chi connectivity index (χ0v) is 16.6. The molecule has 0 spiro atoms. The van der Waals surface area contributed by atoms with Crippen molar-refractivity contribution in [3.63, 3.8) is 0 Å². The number of aromatic nitrogens is 1. The SMILES string of the molecule is COc1ccc2nc(NCc3ccc(S(=O)(=O)N4CCCC4)cc3)sc2c1. The molecular formula is C19H21N3O3S2. The number of anilines is 1. The maximum atomic E-state index is 12.6. The molecule has 1 aromatic heterocycles. The van der Waals surface area contributed by atoms with E-state index < -0.39 is 10.0 Å². The molecule has 27 heavy (non-hydrogen) atoms. The van der Waals surface area contributed by atoms with Crippen LogP contribution >= 0.6 is 11.3 Å². The number of rotatable bonds is 6. The number of fused-ring (bicyclic) bond motifs is 1. The Morgan fingerprint density at radius 3 is 2.59 bits per heavy atom. The van der Waals surface area contributed by atoms with Gasteiger partial charge in [-0.1, -0.05) is 23.5 Å². The lowest BCUT2D eigenvalue weighted by Gasteiger charge is -2.15. The van der Waals surface area contributed by atoms with Gasteiger partial charge in [0.1, 0.15) is 5.75 Å². The highest BCUT2D eigenvalue weighted by atomic mass is 32.2. The van der Waals surface area contributed by atoms with E-state index in [1.807, 2.05) is 30.3 Å². The van der Waals surface area contributed by atoms with E-state index in [0.29, 0.717) is 24.5 Å². The second kappa shape index (κ2) is 7.46. The fraction of sp³-hybridized carbons (Fsp3) is 0.316. The smallest absolute Gasteiger partial charge is 0.243 e. The molecule has 0 atom stereocenters. The Morgan fingerprint density at radius 1 is 1.15 bits per heavy atom. The predicted octanol–water partition coefficient (Wildman–Crippen LogP) is 3.70. The van der Waals surface area contributed by atoms with Crippen LogP contribution in [0.25, 0.3) is 10.2 Å². The lowest BCUT2D eigenvalue weighted by Crippen LogP contribution is -2.27. The van der Waals surface area contributed by atoms with Crippen molar-refractivity contribution in [2.24, 2.45) is 0 Å². The first-order valence-electron chi connectivity index (χ1n) is 8.84. The number of hydrogen-bond acceptors (Lipinski definition) is 6. The molecule has 0 amide bonds. The van der Waals surface area contributed by atoms with Gasteiger partial charge >= 0.3 is 0 Å². The van der Waals surface area contributed by atoms with Gasteiger partial charge in [0.15, 0.2) is 5.13 Å². The van der Waals surface area contributed by atoms with E-state index in [-0.39, 0.29) is 0 Å². The summed E-state index contributed by atoms with van der Waals surface area (Å²) in [4.78, 5) is 4.92. The Hall–Kier alpha value is -2.16. The molecular weight excluding hydrogens is 382 g/mol. The summed E-state index contributed by atoms with van der Waals surface area (Å²) in [5, 5.41) is 4.13. The van der Waals surface area contributed by atoms with Gasteiger partial charge in [0.25, 0.3) is 0 Å². The van der Waals surface area contributed by atoms with E-state index in [0.717, 1.165) is 39.5 Å². The molecule has 6 nitrogen and oxygen atoms in total. The summed E-state index contributed by atoms with van der Waals surface area (Å²) in [5.41, 5.74) is 1.93. The highest BCUT2D eigenvalue weighted by Gasteiger charge is 2.26. The number of nitrogens with one attached hydrogen (secondary N) is 1. The zero-order valence-electron chi connectivity index (χ0n) is 15.0. The number of ether oxygens (including phenoxy) is 1. The van der Waals surface area contributed by atoms with Gasteiger partial charge in [0, 0.05) is 19.6 Å². The summed E-state index contributed by atoms with van der Waals surface area (Å²) in [5.74, 6) is 0.813. The summed E-state index contributed by atoms with van der Waals surface area (Å²) in [6.07, 6.45) is 1.88. The van der Waals surface area contributed by atoms with Crippen molar-refractivity contribution in [3.8, 4) is 5.75 Å². The molecule has 1 aliphatic rings. The average Bonchev–Trinajstić information content (AvgIpc) is 3.36. The Morgan fingerprint density at radius 2 is 1.89 bits per heavy atom. The van der Waals surface area contributed by atoms with Gasteiger partial charge in [-0.2, -0.15) is 4.31 Å². The molecule has 1 N–H and O–H groups in total. The van der Waals surface area contributed by atoms with Gasteiger partial charge in [-0.15, -0.1) is 0 Å². The quantitative estimate of drug-likeness (QED) is 0.679. The summed E-state index contributed by atoms with van der Waals surface area (Å²) < 4.78 is 33.0. The van der Waals surface area contributed by atoms with Crippen LogP contribution in [-0.2, 0) is 16.6 Å². The molecule has 8 heteroatoms. The summed E-state index contributed by atoms with van der Waals surface area (Å²) in [6.45, 7) is 1.82. The molecule has 0 bridgehead atoms. The Labute approximate surface area is 162 Å². The minimum atomic E-state index is -3.36. The third-order valence-corrected chi connectivity index (χ3v) is 7.55. The third-order valence-electron chi connectivity index (χ3n) is 4.67. The van der Waals surface area contributed by atoms with Gasteiger partial charge in [0.2, 0.25) is 10.0 Å². The van der Waals surface area contributed by atoms with Crippen LogP contribution in [-0.4, -0.2) is 37.9 Å². The standard InChI is InChI=1S/C19H21N3O3S2/c1-25-15-6-9-17-18(12-15)26-19(21-17)20-13-14-4-7-16(8-5-14)27(23,24)22-10-2-3-11-22/h4-9,12H,2-3,10-11,13H2,1H3,(H,20,21). The topological polar surface area (TPSA) is 71.5 Å². The molecule has 1 aliphatic heterocycles. The first-order chi connectivity index (χ1) is 13.1. The van der Waals surface area contributed by atoms with Crippen LogP contribution in [0.2, 0.25) is 0 Å². The normalized spacial score (nSPS) is 15.3. The van der Waals surface area contributed by atoms with Crippen molar-refractivity contribution in [2.75, 3.05) is 25.5 Å². The average molecular weight is 404 g/mol. The Balaban J connectivity index is 1.44. The number of methoxy groups -OCH3 is 1. The number of thiazole rings is 1. The number of sulfonamides is 1. The van der Waals surface area contributed by atoms with E-state index in [9.17, 15) is 8.42 Å². The summed E-state index contributed by atoms with van der Waals surface area (Å²) in [7, 11) is -1.71. The minimum Gasteiger partial charge on any atom is -0.497 e. The van der Waals surface area contributed by atoms with Crippen molar-refractivity contribution in [1.29, 1.82) is 0 Å². The highest BCUT2D eigenvalue weighted by molar-refractivity contribution is 7.89. The molecule has 1 fully saturated rings. The molecule has 0 aliphatic carbocycles. The van der Waals surface area contributed by atoms with Gasteiger partial charge in [-0.3, -0.25) is 0 Å². The van der Waals surface area contributed by atoms with Crippen LogP contribution in [0.15, 0.2) is 47.4 Å². The molecule has 4 rings (SSSR count). The monoisotopic (exact) mass is 403 g/mol. The van der Waals surface area contributed by atoms with Crippen LogP contribution in [0.4, 0.5) is 5.13 Å². The van der Waals surface area contributed by atoms with E-state index in [4.69, 9.17) is 4.74 Å². The first-order valence-corrected chi connectivity index (χ1v) is 11.1. The largest absolute Gasteiger partial charge is 0.497 e. The van der Waals surface area contributed by atoms with Crippen molar-refractivity contribution >= 4 is 36.7 Å². The Kier molecular flexibility index (Phi) is 5.03. The fourth-order valence-electron chi connectivity index (χ4n) is 3.14. The predicted molar refractivity (Wildman–Crippen MR) is 108 cm³/mol. The lowest BCUT2D eigenvalue weighted by molar-refractivity contribution is 0.415. The van der Waals surface area contributed by atoms with Gasteiger partial charge in [-0.25, -0.2) is 13.4 Å². The second-order valence-electron chi connectivity index (χ2n) is 6.46. The Bertz CT molecular complexity index is 1040. The third kappa shape index (κ3) is 3.78. The van der Waals surface area contributed by atoms with Crippen molar-refractivity contribution in [3.05, 3.63) is 48.0 Å². The molecule has 2 heterocycles. The van der Waals surface area contributed by atoms with Crippen LogP contribution in [0.3, 0.4) is 0 Å². The molecule has 3 aromatic rings. The number of benzene rings is 2. The van der Waals surface area contributed by atoms with Crippen molar-refractivity contribution in [1.82, 2.24) is 9.29 Å². The molecule has 2 aromatic carbocycles. The molecule has 0 radical (unpaired) electrons. The number of hydrogen-bond donors (Lipinski definition) is 1. The highest BCUT2D eigenvalue weighted by Crippen LogP contribution is 2.29. The van der Waals surface area contributed by atoms with Crippen LogP contribution < -0.4 is 10.1 Å². The van der Waals surface area contributed by atoms with Crippen LogP contribution in [0.5, 0.6) is 5.75 Å². The van der Waals surface area contributed by atoms with Crippen LogP contribution in [0, 0.1) is 0 Å². The van der Waals surface area contributed by atoms with Gasteiger partial charge in [0.05, 0.1) is 22.2 Å². The zero-order chi connectivity index (χ0) is 18.9. The lowest BCUT2D eigenvalue weighted by atomic mass is 10.2. The van der Waals surface area contributed by atoms with Gasteiger partial charge in [-0.05, 0) is 48.7 Å². The molecule has 0 saturated carbocycles. The fourth-order valence-corrected chi connectivity index (χ4v) is 5.55. The molecule has 1 saturated heterocycles. The maximum Gasteiger partial charge on any atom is 0.243 e. The molecule has 0 unspecified atom stereocenters. The van der Waals surface area contributed by atoms with E-state index >= 15 is 0 Å². The summed E-state index contributed by atoms with van der Waals surface area (Å²) >= 11 is 1.57. The van der Waals surface area contributed by atoms with Crippen LogP contribution in [0.1, 0.15) is 18.4 Å². The summed E-state index contributed by atoms with van der Waals surface area (Å²) in [6, 6.07) is 12.9. The van der Waals surface area contributed by atoms with E-state index in [2.05, 4.69) is 10.3 Å².